The molecule has 1 aliphatic heterocycles. The lowest BCUT2D eigenvalue weighted by Gasteiger charge is -2.22. The molecule has 1 aromatic rings. The van der Waals surface area contributed by atoms with Crippen molar-refractivity contribution in [3.05, 3.63) is 29.6 Å². The van der Waals surface area contributed by atoms with E-state index in [9.17, 15) is 9.18 Å². The third kappa shape index (κ3) is 3.89. The normalized spacial score (nSPS) is 18.0. The fraction of sp³-hybridized carbons (Fsp3) is 0.333. The van der Waals surface area contributed by atoms with Crippen molar-refractivity contribution in [1.29, 1.82) is 5.26 Å². The maximum Gasteiger partial charge on any atom is 0.254 e. The highest BCUT2D eigenvalue weighted by Gasteiger charge is 2.21. The van der Waals surface area contributed by atoms with Gasteiger partial charge in [-0.05, 0) is 18.2 Å². The summed E-state index contributed by atoms with van der Waals surface area (Å²) in [5, 5.41) is 14.2. The smallest absolute Gasteiger partial charge is 0.254 e. The third-order valence-corrected chi connectivity index (χ3v) is 2.58. The highest BCUT2D eigenvalue weighted by Crippen LogP contribution is 2.14. The Bertz CT molecular complexity index is 498. The predicted molar refractivity (Wildman–Crippen MR) is 69.6 cm³/mol. The number of halogens is 2. The molecule has 1 heterocycles. The van der Waals surface area contributed by atoms with Crippen LogP contribution in [0.3, 0.4) is 0 Å². The molecule has 102 valence electrons. The number of benzene rings is 1. The predicted octanol–water partition coefficient (Wildman–Crippen LogP) is 1.05. The van der Waals surface area contributed by atoms with Crippen LogP contribution in [0.5, 0.6) is 0 Å². The number of amides is 1. The van der Waals surface area contributed by atoms with Crippen LogP contribution >= 0.6 is 12.4 Å². The van der Waals surface area contributed by atoms with Gasteiger partial charge in [0.2, 0.25) is 0 Å². The van der Waals surface area contributed by atoms with Gasteiger partial charge in [-0.2, -0.15) is 5.26 Å². The molecule has 1 saturated heterocycles. The van der Waals surface area contributed by atoms with Crippen molar-refractivity contribution in [2.24, 2.45) is 0 Å². The number of carbonyl (C=O) groups is 1. The van der Waals surface area contributed by atoms with E-state index in [-0.39, 0.29) is 23.9 Å². The van der Waals surface area contributed by atoms with Crippen LogP contribution in [0.2, 0.25) is 0 Å². The molecule has 1 aliphatic rings. The van der Waals surface area contributed by atoms with Crippen molar-refractivity contribution in [2.75, 3.05) is 25.0 Å². The maximum atomic E-state index is 13.3. The first-order valence-electron chi connectivity index (χ1n) is 5.53. The van der Waals surface area contributed by atoms with Crippen LogP contribution < -0.4 is 10.6 Å². The van der Waals surface area contributed by atoms with Crippen molar-refractivity contribution in [3.8, 4) is 6.07 Å². The summed E-state index contributed by atoms with van der Waals surface area (Å²) in [7, 11) is 0. The van der Waals surface area contributed by atoms with E-state index in [1.165, 1.54) is 12.1 Å². The van der Waals surface area contributed by atoms with E-state index >= 15 is 0 Å². The van der Waals surface area contributed by atoms with Gasteiger partial charge in [0.1, 0.15) is 18.0 Å². The molecule has 0 unspecified atom stereocenters. The Balaban J connectivity index is 0.00000180. The van der Waals surface area contributed by atoms with Gasteiger partial charge in [-0.15, -0.1) is 12.4 Å². The van der Waals surface area contributed by atoms with E-state index in [4.69, 9.17) is 10.00 Å². The second kappa shape index (κ2) is 7.04. The summed E-state index contributed by atoms with van der Waals surface area (Å²) in [4.78, 5) is 11.8. The summed E-state index contributed by atoms with van der Waals surface area (Å²) in [5.74, 6) is -0.982. The molecule has 19 heavy (non-hydrogen) atoms. The molecule has 0 saturated carbocycles. The molecule has 2 N–H and O–H groups in total. The Morgan fingerprint density at radius 2 is 2.37 bits per heavy atom. The molecule has 0 aromatic heterocycles. The number of hydrogen-bond donors (Lipinski definition) is 2. The van der Waals surface area contributed by atoms with Crippen molar-refractivity contribution in [3.63, 3.8) is 0 Å². The lowest BCUT2D eigenvalue weighted by molar-refractivity contribution is -0.128. The lowest BCUT2D eigenvalue weighted by Crippen LogP contribution is -2.45. The molecule has 1 aromatic carbocycles. The molecule has 5 nitrogen and oxygen atoms in total. The van der Waals surface area contributed by atoms with Gasteiger partial charge in [-0.25, -0.2) is 4.39 Å². The Hall–Kier alpha value is -1.68. The SMILES string of the molecule is Cl.N#Cc1ccc(NC(=O)[C@H]2CNCCO2)cc1F. The first kappa shape index (κ1) is 15.4. The molecule has 7 heteroatoms. The highest BCUT2D eigenvalue weighted by atomic mass is 35.5. The molecule has 2 rings (SSSR count). The number of hydrogen-bond acceptors (Lipinski definition) is 4. The molecule has 1 amide bonds. The summed E-state index contributed by atoms with van der Waals surface area (Å²) in [5.41, 5.74) is 0.259. The number of nitrogens with one attached hydrogen (secondary N) is 2. The van der Waals surface area contributed by atoms with E-state index in [1.54, 1.807) is 6.07 Å². The van der Waals surface area contributed by atoms with Crippen LogP contribution in [0, 0.1) is 17.1 Å². The average Bonchev–Trinajstić information content (AvgIpc) is 2.40. The van der Waals surface area contributed by atoms with Gasteiger partial charge in [0.25, 0.3) is 5.91 Å². The van der Waals surface area contributed by atoms with Crippen molar-refractivity contribution in [1.82, 2.24) is 5.32 Å². The number of carbonyl (C=O) groups excluding carboxylic acids is 1. The number of nitrogens with zero attached hydrogens (tertiary/aromatic N) is 1. The van der Waals surface area contributed by atoms with E-state index in [1.807, 2.05) is 0 Å². The van der Waals surface area contributed by atoms with Gasteiger partial charge < -0.3 is 15.4 Å². The van der Waals surface area contributed by atoms with Crippen LogP contribution in [0.1, 0.15) is 5.56 Å². The van der Waals surface area contributed by atoms with Crippen LogP contribution in [-0.2, 0) is 9.53 Å². The van der Waals surface area contributed by atoms with E-state index in [0.717, 1.165) is 12.6 Å². The minimum Gasteiger partial charge on any atom is -0.366 e. The Labute approximate surface area is 116 Å². The Morgan fingerprint density at radius 1 is 1.58 bits per heavy atom. The second-order valence-electron chi connectivity index (χ2n) is 3.86. The zero-order valence-corrected chi connectivity index (χ0v) is 10.8. The van der Waals surface area contributed by atoms with Crippen molar-refractivity contribution < 1.29 is 13.9 Å². The molecule has 1 atom stereocenters. The third-order valence-electron chi connectivity index (χ3n) is 2.58. The Morgan fingerprint density at radius 3 is 2.95 bits per heavy atom. The highest BCUT2D eigenvalue weighted by molar-refractivity contribution is 5.94. The minimum absolute atomic E-state index is 0. The minimum atomic E-state index is -0.655. The summed E-state index contributed by atoms with van der Waals surface area (Å²) in [6.07, 6.45) is -0.572. The van der Waals surface area contributed by atoms with Gasteiger partial charge in [-0.3, -0.25) is 4.79 Å². The van der Waals surface area contributed by atoms with Crippen molar-refractivity contribution in [2.45, 2.75) is 6.10 Å². The van der Waals surface area contributed by atoms with Crippen LogP contribution in [0.25, 0.3) is 0 Å². The van der Waals surface area contributed by atoms with Gasteiger partial charge in [-0.1, -0.05) is 0 Å². The average molecular weight is 286 g/mol. The van der Waals surface area contributed by atoms with Gasteiger partial charge in [0.05, 0.1) is 12.2 Å². The van der Waals surface area contributed by atoms with E-state index in [0.29, 0.717) is 18.8 Å². The second-order valence-corrected chi connectivity index (χ2v) is 3.86. The zero-order valence-electron chi connectivity index (χ0n) is 9.98. The van der Waals surface area contributed by atoms with Crippen LogP contribution in [-0.4, -0.2) is 31.7 Å². The maximum absolute atomic E-state index is 13.3. The molecule has 0 spiro atoms. The molecular weight excluding hydrogens is 273 g/mol. The van der Waals surface area contributed by atoms with Crippen LogP contribution in [0.15, 0.2) is 18.2 Å². The molecular formula is C12H13ClFN3O2. The molecule has 1 fully saturated rings. The Kier molecular flexibility index (Phi) is 5.70. The van der Waals surface area contributed by atoms with Crippen molar-refractivity contribution >= 4 is 24.0 Å². The summed E-state index contributed by atoms with van der Waals surface area (Å²) in [6, 6.07) is 5.64. The van der Waals surface area contributed by atoms with Gasteiger partial charge in [0.15, 0.2) is 0 Å². The first-order valence-corrected chi connectivity index (χ1v) is 5.53. The molecule has 0 radical (unpaired) electrons. The first-order chi connectivity index (χ1) is 8.70. The van der Waals surface area contributed by atoms with E-state index in [2.05, 4.69) is 10.6 Å². The van der Waals surface area contributed by atoms with Gasteiger partial charge in [0, 0.05) is 18.8 Å². The largest absolute Gasteiger partial charge is 0.366 e. The fourth-order valence-electron chi connectivity index (χ4n) is 1.64. The number of morpholine rings is 1. The van der Waals surface area contributed by atoms with E-state index < -0.39 is 11.9 Å². The summed E-state index contributed by atoms with van der Waals surface area (Å²) >= 11 is 0. The number of anilines is 1. The summed E-state index contributed by atoms with van der Waals surface area (Å²) in [6.45, 7) is 1.62. The number of rotatable bonds is 2. The zero-order chi connectivity index (χ0) is 13.0. The fourth-order valence-corrected chi connectivity index (χ4v) is 1.64. The monoisotopic (exact) mass is 285 g/mol. The topological polar surface area (TPSA) is 74.2 Å². The summed E-state index contributed by atoms with van der Waals surface area (Å²) < 4.78 is 18.6. The van der Waals surface area contributed by atoms with Gasteiger partial charge >= 0.3 is 0 Å². The number of nitriles is 1. The molecule has 0 bridgehead atoms. The lowest BCUT2D eigenvalue weighted by atomic mass is 10.2. The standard InChI is InChI=1S/C12H12FN3O2.ClH/c13-10-5-9(2-1-8(10)6-14)16-12(17)11-7-15-3-4-18-11;/h1-2,5,11,15H,3-4,7H2,(H,16,17);1H/t11-;/m1./s1. The number of ether oxygens (including phenoxy) is 1. The quantitative estimate of drug-likeness (QED) is 0.852. The van der Waals surface area contributed by atoms with Crippen LogP contribution in [0.4, 0.5) is 10.1 Å². The molecule has 0 aliphatic carbocycles.